The standard InChI is InChI=1S/C20H22N2O6/c1-27-18-10-16(20(24)21-9-5-8-15(21)12-23)17(22(25)26)11-19(18)28-13-14-6-3-2-4-7-14/h2-4,6-7,10-11,15,23H,5,8-9,12-13H2,1H3/t15-/m0/s1. The Balaban J connectivity index is 1.92. The number of carbonyl (C=O) groups excluding carboxylic acids is 1. The van der Waals surface area contributed by atoms with Gasteiger partial charge in [0.05, 0.1) is 30.7 Å². The van der Waals surface area contributed by atoms with Crippen molar-refractivity contribution in [1.82, 2.24) is 4.90 Å². The normalized spacial score (nSPS) is 16.1. The first-order valence-electron chi connectivity index (χ1n) is 9.00. The van der Waals surface area contributed by atoms with Crippen molar-refractivity contribution in [2.75, 3.05) is 20.3 Å². The van der Waals surface area contributed by atoms with Crippen LogP contribution in [0, 0.1) is 10.1 Å². The van der Waals surface area contributed by atoms with Crippen molar-refractivity contribution in [2.45, 2.75) is 25.5 Å². The van der Waals surface area contributed by atoms with E-state index in [0.29, 0.717) is 13.0 Å². The zero-order valence-electron chi connectivity index (χ0n) is 15.5. The highest BCUT2D eigenvalue weighted by Gasteiger charge is 2.33. The number of nitro groups is 1. The van der Waals surface area contributed by atoms with Gasteiger partial charge in [0.15, 0.2) is 11.5 Å². The summed E-state index contributed by atoms with van der Waals surface area (Å²) in [7, 11) is 1.41. The molecule has 1 amide bonds. The smallest absolute Gasteiger partial charge is 0.286 e. The zero-order valence-corrected chi connectivity index (χ0v) is 15.5. The van der Waals surface area contributed by atoms with E-state index in [4.69, 9.17) is 9.47 Å². The van der Waals surface area contributed by atoms with Crippen molar-refractivity contribution in [1.29, 1.82) is 0 Å². The van der Waals surface area contributed by atoms with Gasteiger partial charge in [-0.25, -0.2) is 0 Å². The average molecular weight is 386 g/mol. The van der Waals surface area contributed by atoms with Gasteiger partial charge in [0.1, 0.15) is 12.2 Å². The van der Waals surface area contributed by atoms with Crippen LogP contribution in [0.1, 0.15) is 28.8 Å². The van der Waals surface area contributed by atoms with Gasteiger partial charge < -0.3 is 19.5 Å². The third-order valence-electron chi connectivity index (χ3n) is 4.79. The molecule has 2 aromatic rings. The lowest BCUT2D eigenvalue weighted by atomic mass is 10.1. The number of aliphatic hydroxyl groups excluding tert-OH is 1. The molecule has 0 aliphatic carbocycles. The second-order valence-electron chi connectivity index (χ2n) is 6.53. The summed E-state index contributed by atoms with van der Waals surface area (Å²) >= 11 is 0. The van der Waals surface area contributed by atoms with Gasteiger partial charge in [-0.3, -0.25) is 14.9 Å². The Morgan fingerprint density at radius 2 is 2.04 bits per heavy atom. The van der Waals surface area contributed by atoms with Crippen LogP contribution in [0.4, 0.5) is 5.69 Å². The predicted octanol–water partition coefficient (Wildman–Crippen LogP) is 2.78. The molecule has 2 aromatic carbocycles. The summed E-state index contributed by atoms with van der Waals surface area (Å²) in [6, 6.07) is 11.6. The second kappa shape index (κ2) is 8.71. The molecular weight excluding hydrogens is 364 g/mol. The van der Waals surface area contributed by atoms with E-state index >= 15 is 0 Å². The number of hydrogen-bond donors (Lipinski definition) is 1. The molecule has 8 nitrogen and oxygen atoms in total. The predicted molar refractivity (Wildman–Crippen MR) is 102 cm³/mol. The van der Waals surface area contributed by atoms with Crippen LogP contribution in [0.2, 0.25) is 0 Å². The molecule has 0 bridgehead atoms. The highest BCUT2D eigenvalue weighted by atomic mass is 16.6. The number of nitro benzene ring substituents is 1. The van der Waals surface area contributed by atoms with E-state index in [9.17, 15) is 20.0 Å². The van der Waals surface area contributed by atoms with E-state index in [2.05, 4.69) is 0 Å². The average Bonchev–Trinajstić information content (AvgIpc) is 3.20. The summed E-state index contributed by atoms with van der Waals surface area (Å²) < 4.78 is 11.0. The van der Waals surface area contributed by atoms with E-state index < -0.39 is 10.8 Å². The molecule has 0 saturated carbocycles. The first-order chi connectivity index (χ1) is 13.5. The lowest BCUT2D eigenvalue weighted by Gasteiger charge is -2.23. The third-order valence-corrected chi connectivity index (χ3v) is 4.79. The molecule has 1 aliphatic rings. The van der Waals surface area contributed by atoms with Crippen molar-refractivity contribution in [3.05, 3.63) is 63.7 Å². The maximum atomic E-state index is 12.9. The molecule has 0 unspecified atom stereocenters. The summed E-state index contributed by atoms with van der Waals surface area (Å²) in [5, 5.41) is 21.1. The summed E-state index contributed by atoms with van der Waals surface area (Å²) in [4.78, 5) is 25.4. The molecule has 1 N–H and O–H groups in total. The van der Waals surface area contributed by atoms with Gasteiger partial charge in [-0.15, -0.1) is 0 Å². The van der Waals surface area contributed by atoms with E-state index in [1.165, 1.54) is 24.1 Å². The summed E-state index contributed by atoms with van der Waals surface area (Å²) in [5.74, 6) is -0.0597. The van der Waals surface area contributed by atoms with Crippen molar-refractivity contribution in [2.24, 2.45) is 0 Å². The van der Waals surface area contributed by atoms with Gasteiger partial charge in [0, 0.05) is 12.6 Å². The zero-order chi connectivity index (χ0) is 20.1. The number of likely N-dealkylation sites (tertiary alicyclic amines) is 1. The topological polar surface area (TPSA) is 102 Å². The molecule has 8 heteroatoms. The highest BCUT2D eigenvalue weighted by Crippen LogP contribution is 2.36. The molecule has 3 rings (SSSR count). The van der Waals surface area contributed by atoms with Gasteiger partial charge in [0.25, 0.3) is 11.6 Å². The molecule has 1 fully saturated rings. The number of nitrogens with zero attached hydrogens (tertiary/aromatic N) is 2. The molecule has 1 atom stereocenters. The Kier molecular flexibility index (Phi) is 6.10. The lowest BCUT2D eigenvalue weighted by molar-refractivity contribution is -0.385. The van der Waals surface area contributed by atoms with Crippen molar-refractivity contribution in [3.63, 3.8) is 0 Å². The fourth-order valence-corrected chi connectivity index (χ4v) is 3.33. The third kappa shape index (κ3) is 4.07. The molecule has 0 aromatic heterocycles. The Hall–Kier alpha value is -3.13. The number of aliphatic hydroxyl groups is 1. The van der Waals surface area contributed by atoms with Gasteiger partial charge in [0.2, 0.25) is 0 Å². The monoisotopic (exact) mass is 386 g/mol. The quantitative estimate of drug-likeness (QED) is 0.580. The maximum absolute atomic E-state index is 12.9. The van der Waals surface area contributed by atoms with E-state index in [0.717, 1.165) is 12.0 Å². The summed E-state index contributed by atoms with van der Waals surface area (Å²) in [6.45, 7) is 0.491. The number of hydrogen-bond acceptors (Lipinski definition) is 6. The van der Waals surface area contributed by atoms with Gasteiger partial charge >= 0.3 is 0 Å². The Morgan fingerprint density at radius 1 is 1.29 bits per heavy atom. The Morgan fingerprint density at radius 3 is 2.68 bits per heavy atom. The first kappa shape index (κ1) is 19.6. The Labute approximate surface area is 162 Å². The number of benzene rings is 2. The van der Waals surface area contributed by atoms with Crippen LogP contribution in [-0.2, 0) is 6.61 Å². The number of amides is 1. The highest BCUT2D eigenvalue weighted by molar-refractivity contribution is 5.99. The molecule has 148 valence electrons. The minimum Gasteiger partial charge on any atom is -0.493 e. The van der Waals surface area contributed by atoms with Crippen LogP contribution in [-0.4, -0.2) is 47.1 Å². The number of ether oxygens (including phenoxy) is 2. The van der Waals surface area contributed by atoms with Gasteiger partial charge in [-0.05, 0) is 18.4 Å². The minimum absolute atomic E-state index is 0.0748. The van der Waals surface area contributed by atoms with Gasteiger partial charge in [-0.1, -0.05) is 30.3 Å². The SMILES string of the molecule is COc1cc(C(=O)N2CCC[C@H]2CO)c([N+](=O)[O-])cc1OCc1ccccc1. The molecule has 28 heavy (non-hydrogen) atoms. The molecule has 0 radical (unpaired) electrons. The van der Waals surface area contributed by atoms with Crippen LogP contribution in [0.5, 0.6) is 11.5 Å². The van der Waals surface area contributed by atoms with Crippen LogP contribution >= 0.6 is 0 Å². The number of methoxy groups -OCH3 is 1. The fourth-order valence-electron chi connectivity index (χ4n) is 3.33. The van der Waals surface area contributed by atoms with E-state index in [1.54, 1.807) is 0 Å². The largest absolute Gasteiger partial charge is 0.493 e. The van der Waals surface area contributed by atoms with Crippen LogP contribution in [0.25, 0.3) is 0 Å². The lowest BCUT2D eigenvalue weighted by Crippen LogP contribution is -2.37. The fraction of sp³-hybridized carbons (Fsp3) is 0.350. The van der Waals surface area contributed by atoms with Crippen molar-refractivity contribution < 1.29 is 24.3 Å². The van der Waals surface area contributed by atoms with E-state index in [-0.39, 0.29) is 42.0 Å². The Bertz CT molecular complexity index is 855. The minimum atomic E-state index is -0.605. The molecule has 1 saturated heterocycles. The molecule has 0 spiro atoms. The first-order valence-corrected chi connectivity index (χ1v) is 9.00. The second-order valence-corrected chi connectivity index (χ2v) is 6.53. The molecule has 1 aliphatic heterocycles. The van der Waals surface area contributed by atoms with Crippen LogP contribution in [0.15, 0.2) is 42.5 Å². The number of carbonyl (C=O) groups is 1. The van der Waals surface area contributed by atoms with Crippen LogP contribution < -0.4 is 9.47 Å². The number of rotatable bonds is 7. The van der Waals surface area contributed by atoms with E-state index in [1.807, 2.05) is 30.3 Å². The van der Waals surface area contributed by atoms with Crippen molar-refractivity contribution >= 4 is 11.6 Å². The molecule has 1 heterocycles. The van der Waals surface area contributed by atoms with Gasteiger partial charge in [-0.2, -0.15) is 0 Å². The molecular formula is C20H22N2O6. The van der Waals surface area contributed by atoms with Crippen LogP contribution in [0.3, 0.4) is 0 Å². The van der Waals surface area contributed by atoms with Crippen molar-refractivity contribution in [3.8, 4) is 11.5 Å². The summed E-state index contributed by atoms with van der Waals surface area (Å²) in [5.41, 5.74) is 0.474. The summed E-state index contributed by atoms with van der Waals surface area (Å²) in [6.07, 6.45) is 1.42. The maximum Gasteiger partial charge on any atom is 0.286 e.